The highest BCUT2D eigenvalue weighted by molar-refractivity contribution is 6.00. The molecule has 9 nitrogen and oxygen atoms in total. The van der Waals surface area contributed by atoms with Gasteiger partial charge >= 0.3 is 6.61 Å². The molecule has 1 fully saturated rings. The summed E-state index contributed by atoms with van der Waals surface area (Å²) in [6.45, 7) is 4.48. The Morgan fingerprint density at radius 3 is 2.47 bits per heavy atom. The highest BCUT2D eigenvalue weighted by atomic mass is 19.3. The number of halogens is 2. The minimum Gasteiger partial charge on any atom is -0.435 e. The Morgan fingerprint density at radius 2 is 1.77 bits per heavy atom. The lowest BCUT2D eigenvalue weighted by Crippen LogP contribution is -2.47. The molecule has 232 valence electrons. The van der Waals surface area contributed by atoms with E-state index < -0.39 is 35.7 Å². The number of carbonyl (C=O) groups is 3. The number of fused-ring (bicyclic) bond motifs is 1. The van der Waals surface area contributed by atoms with Crippen molar-refractivity contribution in [1.29, 1.82) is 0 Å². The van der Waals surface area contributed by atoms with E-state index in [0.717, 1.165) is 0 Å². The van der Waals surface area contributed by atoms with Crippen LogP contribution < -0.4 is 10.1 Å². The van der Waals surface area contributed by atoms with Gasteiger partial charge < -0.3 is 24.1 Å². The van der Waals surface area contributed by atoms with Crippen LogP contribution in [-0.2, 0) is 20.7 Å². The number of Topliss-reactive ketones (excluding diaryl/α,β-unsaturated/α-hetero) is 1. The number of oxazole rings is 1. The van der Waals surface area contributed by atoms with E-state index >= 15 is 0 Å². The Labute approximate surface area is 249 Å². The monoisotopic (exact) mass is 599 g/mol. The number of alkyl halides is 2. The number of hydrogen-bond acceptors (Lipinski definition) is 7. The molecular weight excluding hydrogens is 560 g/mol. The molecule has 2 atom stereocenters. The first-order valence-electron chi connectivity index (χ1n) is 14.6. The number of ether oxygens (including phenoxy) is 2. The molecule has 0 aliphatic carbocycles. The second-order valence-corrected chi connectivity index (χ2v) is 11.6. The van der Waals surface area contributed by atoms with Crippen LogP contribution in [0, 0.1) is 11.3 Å². The van der Waals surface area contributed by atoms with Gasteiger partial charge in [0, 0.05) is 25.4 Å². The normalized spacial score (nSPS) is 15.3. The quantitative estimate of drug-likeness (QED) is 0.246. The third-order valence-electron chi connectivity index (χ3n) is 7.53. The van der Waals surface area contributed by atoms with Gasteiger partial charge in [0.15, 0.2) is 5.58 Å². The van der Waals surface area contributed by atoms with E-state index in [9.17, 15) is 23.2 Å². The summed E-state index contributed by atoms with van der Waals surface area (Å²) in [6, 6.07) is 12.7. The van der Waals surface area contributed by atoms with Crippen LogP contribution in [-0.4, -0.2) is 66.4 Å². The number of nitrogens with one attached hydrogen (secondary N) is 1. The molecule has 1 N–H and O–H groups in total. The summed E-state index contributed by atoms with van der Waals surface area (Å²) >= 11 is 0. The Balaban J connectivity index is 1.55. The van der Waals surface area contributed by atoms with Gasteiger partial charge in [-0.1, -0.05) is 57.5 Å². The Morgan fingerprint density at radius 1 is 1.07 bits per heavy atom. The van der Waals surface area contributed by atoms with Crippen LogP contribution in [0.1, 0.15) is 62.7 Å². The van der Waals surface area contributed by atoms with Crippen LogP contribution >= 0.6 is 0 Å². The molecule has 0 saturated carbocycles. The number of amides is 2. The molecule has 1 aliphatic rings. The maximum atomic E-state index is 13.9. The lowest BCUT2D eigenvalue weighted by atomic mass is 9.76. The topological polar surface area (TPSA) is 111 Å². The van der Waals surface area contributed by atoms with E-state index in [1.165, 1.54) is 6.07 Å². The molecule has 1 saturated heterocycles. The maximum Gasteiger partial charge on any atom is 0.387 e. The average molecular weight is 600 g/mol. The third-order valence-corrected chi connectivity index (χ3v) is 7.53. The van der Waals surface area contributed by atoms with Crippen LogP contribution in [0.2, 0.25) is 0 Å². The average Bonchev–Trinajstić information content (AvgIpc) is 3.41. The Hall–Kier alpha value is -3.86. The van der Waals surface area contributed by atoms with Gasteiger partial charge in [-0.25, -0.2) is 4.98 Å². The Kier molecular flexibility index (Phi) is 10.8. The van der Waals surface area contributed by atoms with E-state index in [2.05, 4.69) is 10.3 Å². The first kappa shape index (κ1) is 32.1. The Bertz CT molecular complexity index is 1370. The van der Waals surface area contributed by atoms with Crippen molar-refractivity contribution in [2.75, 3.05) is 26.3 Å². The van der Waals surface area contributed by atoms with Crippen molar-refractivity contribution in [3.63, 3.8) is 0 Å². The van der Waals surface area contributed by atoms with E-state index in [-0.39, 0.29) is 30.4 Å². The SMILES string of the molecule is CCCC(NC(=O)C(CC(=O)N1CCOCC1)CC(C)(C)Cc1ccccc1OC(F)F)C(=O)c1nc2ccccc2o1. The molecule has 3 aromatic rings. The minimum atomic E-state index is -2.97. The van der Waals surface area contributed by atoms with Crippen molar-refractivity contribution in [3.05, 3.63) is 60.0 Å². The maximum absolute atomic E-state index is 13.9. The third kappa shape index (κ3) is 8.82. The molecule has 2 amide bonds. The second kappa shape index (κ2) is 14.5. The summed E-state index contributed by atoms with van der Waals surface area (Å²) in [5, 5.41) is 2.89. The van der Waals surface area contributed by atoms with Crippen LogP contribution in [0.3, 0.4) is 0 Å². The first-order chi connectivity index (χ1) is 20.6. The fourth-order valence-corrected chi connectivity index (χ4v) is 5.50. The molecule has 2 unspecified atom stereocenters. The number of carbonyl (C=O) groups excluding carboxylic acids is 3. The molecule has 4 rings (SSSR count). The van der Waals surface area contributed by atoms with Crippen LogP contribution in [0.25, 0.3) is 11.1 Å². The lowest BCUT2D eigenvalue weighted by Gasteiger charge is -2.32. The fourth-order valence-electron chi connectivity index (χ4n) is 5.50. The predicted octanol–water partition coefficient (Wildman–Crippen LogP) is 5.42. The predicted molar refractivity (Wildman–Crippen MR) is 156 cm³/mol. The van der Waals surface area contributed by atoms with E-state index in [1.54, 1.807) is 47.4 Å². The largest absolute Gasteiger partial charge is 0.435 e. The molecule has 2 heterocycles. The molecule has 0 radical (unpaired) electrons. The number of benzene rings is 2. The number of nitrogens with zero attached hydrogens (tertiary/aromatic N) is 2. The minimum absolute atomic E-state index is 0.0691. The van der Waals surface area contributed by atoms with Crippen LogP contribution in [0.4, 0.5) is 8.78 Å². The van der Waals surface area contributed by atoms with Gasteiger partial charge in [-0.2, -0.15) is 8.78 Å². The molecule has 2 aromatic carbocycles. The van der Waals surface area contributed by atoms with Crippen molar-refractivity contribution in [3.8, 4) is 5.75 Å². The number of hydrogen-bond donors (Lipinski definition) is 1. The lowest BCUT2D eigenvalue weighted by molar-refractivity contribution is -0.140. The number of ketones is 1. The van der Waals surface area contributed by atoms with Crippen molar-refractivity contribution in [2.45, 2.75) is 65.5 Å². The first-order valence-corrected chi connectivity index (χ1v) is 14.6. The fraction of sp³-hybridized carbons (Fsp3) is 0.500. The molecule has 0 spiro atoms. The van der Waals surface area contributed by atoms with Crippen LogP contribution in [0.15, 0.2) is 52.9 Å². The zero-order valence-electron chi connectivity index (χ0n) is 24.8. The van der Waals surface area contributed by atoms with E-state index in [4.69, 9.17) is 13.9 Å². The van der Waals surface area contributed by atoms with Gasteiger partial charge in [0.1, 0.15) is 11.3 Å². The van der Waals surface area contributed by atoms with Gasteiger partial charge in [-0.3, -0.25) is 14.4 Å². The molecule has 11 heteroatoms. The molecule has 1 aromatic heterocycles. The summed E-state index contributed by atoms with van der Waals surface area (Å²) in [4.78, 5) is 46.6. The number of aromatic nitrogens is 1. The van der Waals surface area contributed by atoms with Gasteiger partial charge in [0.25, 0.3) is 5.89 Å². The van der Waals surface area contributed by atoms with Crippen molar-refractivity contribution in [1.82, 2.24) is 15.2 Å². The van der Waals surface area contributed by atoms with Crippen molar-refractivity contribution in [2.24, 2.45) is 11.3 Å². The number of rotatable bonds is 14. The summed E-state index contributed by atoms with van der Waals surface area (Å²) in [7, 11) is 0. The summed E-state index contributed by atoms with van der Waals surface area (Å²) in [5.74, 6) is -1.86. The molecule has 0 bridgehead atoms. The molecule has 43 heavy (non-hydrogen) atoms. The van der Waals surface area contributed by atoms with Gasteiger partial charge in [0.2, 0.25) is 17.6 Å². The molecule has 1 aliphatic heterocycles. The molecular formula is C32H39F2N3O6. The van der Waals surface area contributed by atoms with Gasteiger partial charge in [0.05, 0.1) is 19.3 Å². The zero-order chi connectivity index (χ0) is 31.0. The number of para-hydroxylation sites is 3. The summed E-state index contributed by atoms with van der Waals surface area (Å²) in [6.07, 6.45) is 1.48. The second-order valence-electron chi connectivity index (χ2n) is 11.6. The van der Waals surface area contributed by atoms with E-state index in [0.29, 0.717) is 62.2 Å². The van der Waals surface area contributed by atoms with E-state index in [1.807, 2.05) is 20.8 Å². The standard InChI is InChI=1S/C32H39F2N3O6/c1-4-9-24(28(39)30-36-23-11-6-8-13-26(23)42-30)35-29(40)22(18-27(38)37-14-16-41-17-15-37)20-32(2,3)19-21-10-5-7-12-25(21)43-31(33)34/h5-8,10-13,22,24,31H,4,9,14-20H2,1-3H3,(H,35,40). The highest BCUT2D eigenvalue weighted by Gasteiger charge is 2.35. The van der Waals surface area contributed by atoms with Gasteiger partial charge in [-0.05, 0) is 48.4 Å². The van der Waals surface area contributed by atoms with Gasteiger partial charge in [-0.15, -0.1) is 0 Å². The van der Waals surface area contributed by atoms with Crippen molar-refractivity contribution >= 4 is 28.7 Å². The van der Waals surface area contributed by atoms with Crippen LogP contribution in [0.5, 0.6) is 5.75 Å². The highest BCUT2D eigenvalue weighted by Crippen LogP contribution is 2.35. The summed E-state index contributed by atoms with van der Waals surface area (Å²) in [5.41, 5.74) is 0.986. The number of morpholine rings is 1. The smallest absolute Gasteiger partial charge is 0.387 e. The summed E-state index contributed by atoms with van der Waals surface area (Å²) < 4.78 is 41.8. The zero-order valence-corrected chi connectivity index (χ0v) is 24.8. The van der Waals surface area contributed by atoms with Crippen molar-refractivity contribution < 1.29 is 37.1 Å².